The zero-order chi connectivity index (χ0) is 49.6. The molecular weight excluding hydrogens is 941 g/mol. The Morgan fingerprint density at radius 1 is 0.217 bits per heavy atom. The van der Waals surface area contributed by atoms with Crippen LogP contribution in [0.25, 0.3) is 0 Å². The third kappa shape index (κ3) is 18.0. The molecule has 0 aromatic heterocycles. The first kappa shape index (κ1) is 59.2. The fraction of sp³-hybridized carbons (Fsp3) is 0.571. The first-order valence-electron chi connectivity index (χ1n) is 26.4. The summed E-state index contributed by atoms with van der Waals surface area (Å²) < 4.78 is 49.6. The van der Waals surface area contributed by atoms with Crippen LogP contribution in [0.1, 0.15) is 103 Å². The molecule has 0 atom stereocenters. The topological polar surface area (TPSA) is 73.8 Å². The minimum Gasteiger partial charge on any atom is -0.394 e. The molecule has 0 saturated heterocycles. The van der Waals surface area contributed by atoms with E-state index in [2.05, 4.69) is 121 Å². The van der Waals surface area contributed by atoms with E-state index >= 15 is 0 Å². The van der Waals surface area contributed by atoms with Crippen molar-refractivity contribution in [2.75, 3.05) is 56.9 Å². The van der Waals surface area contributed by atoms with Crippen LogP contribution in [0.2, 0.25) is 48.4 Å². The van der Waals surface area contributed by atoms with E-state index in [1.54, 1.807) is 0 Å². The van der Waals surface area contributed by atoms with Crippen molar-refractivity contribution in [3.63, 3.8) is 0 Å². The molecule has 4 aromatic rings. The summed E-state index contributed by atoms with van der Waals surface area (Å²) in [5, 5.41) is 4.92. The molecule has 0 heterocycles. The smallest absolute Gasteiger partial charge is 0.371 e. The van der Waals surface area contributed by atoms with E-state index in [9.17, 15) is 0 Å². The van der Waals surface area contributed by atoms with Crippen molar-refractivity contribution in [2.24, 2.45) is 0 Å². The molecule has 4 rings (SSSR count). The third-order valence-corrected chi connectivity index (χ3v) is 35.2. The average molecular weight is 1030 g/mol. The summed E-state index contributed by atoms with van der Waals surface area (Å²) >= 11 is 0. The summed E-state index contributed by atoms with van der Waals surface area (Å²) in [5.74, 6) is 0. The van der Waals surface area contributed by atoms with E-state index < -0.39 is 42.3 Å². The molecule has 384 valence electrons. The van der Waals surface area contributed by atoms with Crippen molar-refractivity contribution >= 4 is 63.1 Å². The number of hydrogen-bond donors (Lipinski definition) is 0. The van der Waals surface area contributed by atoms with E-state index in [-0.39, 0.29) is 0 Å². The Morgan fingerprint density at radius 2 is 0.377 bits per heavy atom. The Balaban J connectivity index is 1.44. The fourth-order valence-corrected chi connectivity index (χ4v) is 27.5. The van der Waals surface area contributed by atoms with Gasteiger partial charge in [-0.1, -0.05) is 248 Å². The largest absolute Gasteiger partial charge is 0.394 e. The summed E-state index contributed by atoms with van der Waals surface area (Å²) in [5.41, 5.74) is 0. The molecule has 0 saturated carbocycles. The quantitative estimate of drug-likeness (QED) is 0.0322. The highest BCUT2D eigenvalue weighted by Crippen LogP contribution is 2.36. The van der Waals surface area contributed by atoms with Crippen LogP contribution in [0.15, 0.2) is 121 Å². The number of unbranched alkanes of at least 4 members (excludes halogenated alkanes) is 12. The molecule has 0 amide bonds. The molecule has 0 unspecified atom stereocenters. The zero-order valence-electron chi connectivity index (χ0n) is 44.3. The number of benzene rings is 4. The number of rotatable bonds is 40. The highest BCUT2D eigenvalue weighted by atomic mass is 28.4. The Bertz CT molecular complexity index is 1590. The van der Waals surface area contributed by atoms with Gasteiger partial charge in [0.25, 0.3) is 0 Å². The van der Waals surface area contributed by atoms with Crippen molar-refractivity contribution in [1.82, 2.24) is 0 Å². The van der Waals surface area contributed by atoms with Gasteiger partial charge in [0.15, 0.2) is 0 Å². The van der Waals surface area contributed by atoms with Crippen LogP contribution in [0.3, 0.4) is 0 Å². The maximum absolute atomic E-state index is 6.20. The van der Waals surface area contributed by atoms with Crippen molar-refractivity contribution in [1.29, 1.82) is 0 Å². The van der Waals surface area contributed by atoms with Crippen LogP contribution in [0, 0.1) is 0 Å². The molecule has 13 heteroatoms. The Labute approximate surface area is 425 Å². The Hall–Kier alpha value is -2.36. The second-order valence-corrected chi connectivity index (χ2v) is 37.9. The van der Waals surface area contributed by atoms with E-state index in [0.29, 0.717) is 0 Å². The van der Waals surface area contributed by atoms with Crippen LogP contribution in [0.4, 0.5) is 0 Å². The molecule has 0 bridgehead atoms. The molecule has 8 nitrogen and oxygen atoms in total. The standard InChI is InChI=1S/C56H92O8Si5/c1-57-66(58-2,53-37-21-17-22-38-53)49-33-13-9-29-45-65(46-30-10-14-34-50-67(59-3,60-4)54-39-23-18-24-40-54,47-31-11-15-35-51-68(61-5,62-6)55-41-25-19-26-42-55)48-32-12-16-36-52-69(63-7,64-8)56-43-27-20-28-44-56/h17-28,37-44H,9-16,29-36,45-52H2,1-8H3. The van der Waals surface area contributed by atoms with E-state index in [0.717, 1.165) is 49.9 Å². The van der Waals surface area contributed by atoms with Crippen LogP contribution < -0.4 is 20.7 Å². The minimum atomic E-state index is -2.44. The number of hydrogen-bond acceptors (Lipinski definition) is 8. The Morgan fingerprint density at radius 3 is 0.536 bits per heavy atom. The summed E-state index contributed by atoms with van der Waals surface area (Å²) in [7, 11) is 3.34. The average Bonchev–Trinajstić information content (AvgIpc) is 3.41. The monoisotopic (exact) mass is 1030 g/mol. The van der Waals surface area contributed by atoms with Crippen molar-refractivity contribution in [3.05, 3.63) is 121 Å². The maximum atomic E-state index is 6.20. The summed E-state index contributed by atoms with van der Waals surface area (Å²) in [6.45, 7) is 0. The molecule has 0 aliphatic rings. The Kier molecular flexibility index (Phi) is 28.0. The van der Waals surface area contributed by atoms with Gasteiger partial charge in [0.1, 0.15) is 0 Å². The third-order valence-electron chi connectivity index (χ3n) is 15.3. The lowest BCUT2D eigenvalue weighted by Gasteiger charge is -2.33. The maximum Gasteiger partial charge on any atom is 0.371 e. The van der Waals surface area contributed by atoms with Gasteiger partial charge in [-0.05, 0) is 44.9 Å². The van der Waals surface area contributed by atoms with Gasteiger partial charge in [0.05, 0.1) is 8.07 Å². The predicted molar refractivity (Wildman–Crippen MR) is 301 cm³/mol. The molecule has 0 N–H and O–H groups in total. The molecular formula is C56H92O8Si5. The lowest BCUT2D eigenvalue weighted by Crippen LogP contribution is -2.52. The van der Waals surface area contributed by atoms with Crippen molar-refractivity contribution < 1.29 is 35.4 Å². The molecule has 0 aliphatic carbocycles. The lowest BCUT2D eigenvalue weighted by molar-refractivity contribution is 0.255. The molecule has 0 aliphatic heterocycles. The summed E-state index contributed by atoms with van der Waals surface area (Å²) in [6.07, 6.45) is 19.9. The highest BCUT2D eigenvalue weighted by Gasteiger charge is 2.40. The highest BCUT2D eigenvalue weighted by molar-refractivity contribution is 6.82. The van der Waals surface area contributed by atoms with Gasteiger partial charge in [0, 0.05) is 56.9 Å². The molecule has 0 fully saturated rings. The molecule has 69 heavy (non-hydrogen) atoms. The normalized spacial score (nSPS) is 12.8. The van der Waals surface area contributed by atoms with E-state index in [4.69, 9.17) is 35.4 Å². The van der Waals surface area contributed by atoms with Gasteiger partial charge >= 0.3 is 34.2 Å². The van der Waals surface area contributed by atoms with Gasteiger partial charge in [-0.2, -0.15) is 0 Å². The predicted octanol–water partition coefficient (Wildman–Crippen LogP) is 12.2. The van der Waals surface area contributed by atoms with Crippen LogP contribution in [0.5, 0.6) is 0 Å². The summed E-state index contributed by atoms with van der Waals surface area (Å²) in [4.78, 5) is 0. The molecule has 0 spiro atoms. The second kappa shape index (κ2) is 32.7. The summed E-state index contributed by atoms with van der Waals surface area (Å²) in [6, 6.07) is 52.4. The van der Waals surface area contributed by atoms with E-state index in [1.807, 2.05) is 56.9 Å². The lowest BCUT2D eigenvalue weighted by atomic mass is 10.2. The van der Waals surface area contributed by atoms with Gasteiger partial charge < -0.3 is 35.4 Å². The van der Waals surface area contributed by atoms with Gasteiger partial charge in [-0.15, -0.1) is 0 Å². The van der Waals surface area contributed by atoms with Gasteiger partial charge in [-0.25, -0.2) is 0 Å². The zero-order valence-corrected chi connectivity index (χ0v) is 49.3. The minimum absolute atomic E-state index is 0.994. The van der Waals surface area contributed by atoms with Crippen LogP contribution in [-0.2, 0) is 35.4 Å². The van der Waals surface area contributed by atoms with Gasteiger partial charge in [-0.3, -0.25) is 0 Å². The van der Waals surface area contributed by atoms with Crippen molar-refractivity contribution in [3.8, 4) is 0 Å². The first-order valence-corrected chi connectivity index (χ1v) is 37.3. The van der Waals surface area contributed by atoms with Crippen molar-refractivity contribution in [2.45, 2.75) is 151 Å². The SMILES string of the molecule is CO[Si](CCCCCC[Si](CCCCCC[Si](OC)(OC)c1ccccc1)(CCCCCC[Si](OC)(OC)c1ccccc1)CCCCCC[Si](OC)(OC)c1ccccc1)(OC)c1ccccc1. The molecule has 4 aromatic carbocycles. The fourth-order valence-electron chi connectivity index (χ4n) is 11.0. The molecule has 0 radical (unpaired) electrons. The van der Waals surface area contributed by atoms with Gasteiger partial charge in [0.2, 0.25) is 0 Å². The van der Waals surface area contributed by atoms with Crippen LogP contribution in [-0.4, -0.2) is 99.2 Å². The van der Waals surface area contributed by atoms with Crippen LogP contribution >= 0.6 is 0 Å². The second-order valence-electron chi connectivity index (χ2n) is 19.3. The first-order chi connectivity index (χ1) is 33.7. The van der Waals surface area contributed by atoms with E-state index in [1.165, 1.54) is 122 Å².